The topological polar surface area (TPSA) is 21.3 Å². The predicted molar refractivity (Wildman–Crippen MR) is 218 cm³/mol. The van der Waals surface area contributed by atoms with Crippen molar-refractivity contribution in [1.29, 1.82) is 0 Å². The molecule has 0 unspecified atom stereocenters. The molecule has 10 aromatic rings. The highest BCUT2D eigenvalue weighted by molar-refractivity contribution is 6.10. The molecule has 0 amide bonds. The third-order valence-corrected chi connectivity index (χ3v) is 10.3. The van der Waals surface area contributed by atoms with Crippen molar-refractivity contribution in [1.82, 2.24) is 4.57 Å². The largest absolute Gasteiger partial charge is 0.454 e. The normalized spacial score (nSPS) is 11.5. The number of furan rings is 1. The summed E-state index contributed by atoms with van der Waals surface area (Å²) in [6.07, 6.45) is 0. The van der Waals surface area contributed by atoms with E-state index in [1.165, 1.54) is 49.6 Å². The highest BCUT2D eigenvalue weighted by atomic mass is 16.3. The van der Waals surface area contributed by atoms with Crippen LogP contribution in [0.3, 0.4) is 0 Å². The van der Waals surface area contributed by atoms with Gasteiger partial charge in [0.15, 0.2) is 5.58 Å². The van der Waals surface area contributed by atoms with Gasteiger partial charge in [-0.25, -0.2) is 0 Å². The van der Waals surface area contributed by atoms with E-state index in [2.05, 4.69) is 191 Å². The first kappa shape index (κ1) is 30.0. The van der Waals surface area contributed by atoms with E-state index < -0.39 is 0 Å². The van der Waals surface area contributed by atoms with Crippen LogP contribution in [0.25, 0.3) is 71.7 Å². The van der Waals surface area contributed by atoms with Crippen molar-refractivity contribution in [3.8, 4) is 27.9 Å². The monoisotopic (exact) mass is 666 g/mol. The maximum Gasteiger partial charge on any atom is 0.159 e. The molecular formula is C49H34N2O. The summed E-state index contributed by atoms with van der Waals surface area (Å²) in [6, 6.07) is 69.4. The molecule has 8 aromatic carbocycles. The molecule has 3 heteroatoms. The van der Waals surface area contributed by atoms with Gasteiger partial charge in [0.25, 0.3) is 0 Å². The minimum absolute atomic E-state index is 0.688. The summed E-state index contributed by atoms with van der Waals surface area (Å²) in [6.45, 7) is 0.688. The maximum absolute atomic E-state index is 6.53. The van der Waals surface area contributed by atoms with E-state index in [4.69, 9.17) is 4.42 Å². The van der Waals surface area contributed by atoms with Crippen molar-refractivity contribution in [3.05, 3.63) is 200 Å². The van der Waals surface area contributed by atoms with E-state index >= 15 is 0 Å². The highest BCUT2D eigenvalue weighted by Gasteiger charge is 2.18. The summed E-state index contributed by atoms with van der Waals surface area (Å²) in [5, 5.41) is 4.80. The first-order valence-electron chi connectivity index (χ1n) is 17.8. The van der Waals surface area contributed by atoms with E-state index in [0.717, 1.165) is 39.0 Å². The molecule has 246 valence electrons. The molecule has 2 heterocycles. The van der Waals surface area contributed by atoms with Crippen molar-refractivity contribution in [2.24, 2.45) is 0 Å². The summed E-state index contributed by atoms with van der Waals surface area (Å²) in [5.74, 6) is 0. The second-order valence-electron chi connectivity index (χ2n) is 13.4. The standard InChI is InChI=1S/C49H34N2O/c1-2-11-35(12-3-1)37-25-29-39(30-26-37)50(47-19-10-16-44-43-15-6-9-20-48(43)52-49(44)47)33-34-21-23-36(24-22-34)38-27-31-40(32-28-38)51-45-17-7-4-13-41(45)42-14-5-8-18-46(42)51/h1-32H,33H2. The van der Waals surface area contributed by atoms with Gasteiger partial charge in [0.2, 0.25) is 0 Å². The molecule has 0 bridgehead atoms. The average molecular weight is 667 g/mol. The third-order valence-electron chi connectivity index (χ3n) is 10.3. The lowest BCUT2D eigenvalue weighted by Crippen LogP contribution is -2.16. The van der Waals surface area contributed by atoms with E-state index in [1.807, 2.05) is 12.1 Å². The number of hydrogen-bond acceptors (Lipinski definition) is 2. The fraction of sp³-hybridized carbons (Fsp3) is 0.0204. The van der Waals surface area contributed by atoms with Crippen LogP contribution < -0.4 is 4.90 Å². The molecule has 0 spiro atoms. The van der Waals surface area contributed by atoms with Crippen LogP contribution in [-0.4, -0.2) is 4.57 Å². The van der Waals surface area contributed by atoms with Gasteiger partial charge in [0.05, 0.1) is 16.7 Å². The Balaban J connectivity index is 0.990. The fourth-order valence-electron chi connectivity index (χ4n) is 7.71. The Labute approximate surface area is 302 Å². The molecule has 3 nitrogen and oxygen atoms in total. The lowest BCUT2D eigenvalue weighted by molar-refractivity contribution is 0.667. The molecule has 0 aliphatic carbocycles. The van der Waals surface area contributed by atoms with Gasteiger partial charge in [-0.3, -0.25) is 0 Å². The Morgan fingerprint density at radius 3 is 1.60 bits per heavy atom. The zero-order chi connectivity index (χ0) is 34.4. The minimum Gasteiger partial charge on any atom is -0.454 e. The van der Waals surface area contributed by atoms with Crippen molar-refractivity contribution in [2.45, 2.75) is 6.54 Å². The molecule has 0 fully saturated rings. The van der Waals surface area contributed by atoms with Crippen LogP contribution in [0.2, 0.25) is 0 Å². The predicted octanol–water partition coefficient (Wildman–Crippen LogP) is 13.4. The Hall–Kier alpha value is -6.84. The molecule has 0 N–H and O–H groups in total. The van der Waals surface area contributed by atoms with E-state index in [0.29, 0.717) is 6.54 Å². The molecule has 0 radical (unpaired) electrons. The van der Waals surface area contributed by atoms with Gasteiger partial charge in [-0.05, 0) is 76.3 Å². The van der Waals surface area contributed by atoms with Crippen molar-refractivity contribution in [3.63, 3.8) is 0 Å². The molecule has 0 saturated heterocycles. The number of hydrogen-bond donors (Lipinski definition) is 0. The van der Waals surface area contributed by atoms with Crippen LogP contribution in [0, 0.1) is 0 Å². The van der Waals surface area contributed by atoms with Crippen molar-refractivity contribution >= 4 is 55.1 Å². The van der Waals surface area contributed by atoms with Gasteiger partial charge >= 0.3 is 0 Å². The molecule has 0 aliphatic rings. The summed E-state index contributed by atoms with van der Waals surface area (Å²) < 4.78 is 8.90. The van der Waals surface area contributed by atoms with E-state index in [9.17, 15) is 0 Å². The Morgan fingerprint density at radius 1 is 0.404 bits per heavy atom. The number of aromatic nitrogens is 1. The van der Waals surface area contributed by atoms with E-state index in [-0.39, 0.29) is 0 Å². The van der Waals surface area contributed by atoms with Crippen LogP contribution in [0.5, 0.6) is 0 Å². The molecule has 0 aliphatic heterocycles. The molecule has 10 rings (SSSR count). The smallest absolute Gasteiger partial charge is 0.159 e. The Bertz CT molecular complexity index is 2790. The molecule has 2 aromatic heterocycles. The lowest BCUT2D eigenvalue weighted by atomic mass is 10.0. The van der Waals surface area contributed by atoms with Gasteiger partial charge in [-0.1, -0.05) is 146 Å². The number of anilines is 2. The summed E-state index contributed by atoms with van der Waals surface area (Å²) >= 11 is 0. The third kappa shape index (κ3) is 5.14. The van der Waals surface area contributed by atoms with Gasteiger partial charge in [-0.15, -0.1) is 0 Å². The van der Waals surface area contributed by atoms with Gasteiger partial charge in [-0.2, -0.15) is 0 Å². The lowest BCUT2D eigenvalue weighted by Gasteiger charge is -2.26. The number of para-hydroxylation sites is 4. The first-order chi connectivity index (χ1) is 25.8. The zero-order valence-electron chi connectivity index (χ0n) is 28.5. The van der Waals surface area contributed by atoms with Gasteiger partial charge < -0.3 is 13.9 Å². The minimum atomic E-state index is 0.688. The Morgan fingerprint density at radius 2 is 0.923 bits per heavy atom. The maximum atomic E-state index is 6.53. The van der Waals surface area contributed by atoms with Crippen LogP contribution in [0.1, 0.15) is 5.56 Å². The molecule has 0 saturated carbocycles. The zero-order valence-corrected chi connectivity index (χ0v) is 28.5. The average Bonchev–Trinajstić information content (AvgIpc) is 3.77. The molecular weight excluding hydrogens is 633 g/mol. The van der Waals surface area contributed by atoms with Gasteiger partial charge in [0.1, 0.15) is 5.58 Å². The molecule has 52 heavy (non-hydrogen) atoms. The molecule has 0 atom stereocenters. The van der Waals surface area contributed by atoms with Crippen molar-refractivity contribution < 1.29 is 4.42 Å². The van der Waals surface area contributed by atoms with Gasteiger partial charge in [0, 0.05) is 39.5 Å². The number of rotatable bonds is 7. The van der Waals surface area contributed by atoms with Crippen LogP contribution in [-0.2, 0) is 6.54 Å². The first-order valence-corrected chi connectivity index (χ1v) is 17.8. The fourth-order valence-corrected chi connectivity index (χ4v) is 7.71. The summed E-state index contributed by atoms with van der Waals surface area (Å²) in [5.41, 5.74) is 13.6. The van der Waals surface area contributed by atoms with E-state index in [1.54, 1.807) is 0 Å². The second kappa shape index (κ2) is 12.5. The van der Waals surface area contributed by atoms with Crippen LogP contribution in [0.4, 0.5) is 11.4 Å². The highest BCUT2D eigenvalue weighted by Crippen LogP contribution is 2.39. The second-order valence-corrected chi connectivity index (χ2v) is 13.4. The Kier molecular flexibility index (Phi) is 7.21. The van der Waals surface area contributed by atoms with Crippen LogP contribution in [0.15, 0.2) is 199 Å². The quantitative estimate of drug-likeness (QED) is 0.169. The number of nitrogens with zero attached hydrogens (tertiary/aromatic N) is 2. The number of benzene rings is 8. The summed E-state index contributed by atoms with van der Waals surface area (Å²) in [7, 11) is 0. The van der Waals surface area contributed by atoms with Crippen LogP contribution >= 0.6 is 0 Å². The SMILES string of the molecule is c1ccc(-c2ccc(N(Cc3ccc(-c4ccc(-n5c6ccccc6c6ccccc65)cc4)cc3)c3cccc4c3oc3ccccc34)cc2)cc1. The van der Waals surface area contributed by atoms with Crippen molar-refractivity contribution in [2.75, 3.05) is 4.90 Å². The number of fused-ring (bicyclic) bond motifs is 6. The summed E-state index contributed by atoms with van der Waals surface area (Å²) in [4.78, 5) is 2.37.